The number of rotatable bonds is 3. The summed E-state index contributed by atoms with van der Waals surface area (Å²) in [6.45, 7) is 6.56. The van der Waals surface area contributed by atoms with Crippen LogP contribution in [-0.4, -0.2) is 28.1 Å². The summed E-state index contributed by atoms with van der Waals surface area (Å²) in [5, 5.41) is 23.2. The van der Waals surface area contributed by atoms with E-state index in [1.54, 1.807) is 10.9 Å². The number of nitriles is 1. The maximum absolute atomic E-state index is 11.9. The van der Waals surface area contributed by atoms with E-state index >= 15 is 0 Å². The fourth-order valence-electron chi connectivity index (χ4n) is 1.88. The van der Waals surface area contributed by atoms with E-state index in [2.05, 4.69) is 9.84 Å². The Balaban J connectivity index is 0.00000116. The van der Waals surface area contributed by atoms with Gasteiger partial charge >= 0.3 is 5.97 Å². The van der Waals surface area contributed by atoms with Crippen molar-refractivity contribution in [3.8, 4) is 17.3 Å². The summed E-state index contributed by atoms with van der Waals surface area (Å²) in [4.78, 5) is 11.9. The summed E-state index contributed by atoms with van der Waals surface area (Å²) in [7, 11) is 1.22. The van der Waals surface area contributed by atoms with Gasteiger partial charge in [-0.1, -0.05) is 13.8 Å². The smallest absolute Gasteiger partial charge is 0.346 e. The van der Waals surface area contributed by atoms with Crippen molar-refractivity contribution in [2.45, 2.75) is 27.3 Å². The van der Waals surface area contributed by atoms with Gasteiger partial charge in [0.25, 0.3) is 5.69 Å². The van der Waals surface area contributed by atoms with Crippen LogP contribution in [0, 0.1) is 11.3 Å². The second kappa shape index (κ2) is 7.78. The maximum atomic E-state index is 11.9. The first-order valence-electron chi connectivity index (χ1n) is 6.91. The number of nitrogens with zero attached hydrogens (tertiary/aromatic N) is 4. The Labute approximate surface area is 129 Å². The molecule has 22 heavy (non-hydrogen) atoms. The van der Waals surface area contributed by atoms with Crippen LogP contribution in [0.15, 0.2) is 24.7 Å². The first kappa shape index (κ1) is 17.2. The third kappa shape index (κ3) is 3.23. The number of hydrogen-bond acceptors (Lipinski definition) is 5. The Hall–Kier alpha value is -2.88. The molecule has 0 radical (unpaired) electrons. The summed E-state index contributed by atoms with van der Waals surface area (Å²) in [5.74, 6) is -0.691. The number of aryl methyl sites for hydroxylation is 1. The number of carbonyl (C=O) groups is 1. The van der Waals surface area contributed by atoms with Crippen LogP contribution in [0.1, 0.15) is 36.7 Å². The lowest BCUT2D eigenvalue weighted by Crippen LogP contribution is -2.35. The molecule has 0 atom stereocenters. The predicted molar refractivity (Wildman–Crippen MR) is 78.1 cm³/mol. The Morgan fingerprint density at radius 1 is 1.55 bits per heavy atom. The van der Waals surface area contributed by atoms with Crippen molar-refractivity contribution in [2.24, 2.45) is 0 Å². The van der Waals surface area contributed by atoms with Crippen molar-refractivity contribution in [1.29, 1.82) is 5.26 Å². The van der Waals surface area contributed by atoms with Gasteiger partial charge in [-0.05, 0) is 6.92 Å². The second-order valence-corrected chi connectivity index (χ2v) is 3.99. The third-order valence-corrected chi connectivity index (χ3v) is 2.86. The van der Waals surface area contributed by atoms with E-state index in [0.29, 0.717) is 12.1 Å². The zero-order valence-corrected chi connectivity index (χ0v) is 13.1. The van der Waals surface area contributed by atoms with E-state index in [4.69, 9.17) is 5.26 Å². The van der Waals surface area contributed by atoms with Gasteiger partial charge < -0.3 is 4.74 Å². The Morgan fingerprint density at radius 3 is 2.73 bits per heavy atom. The fourth-order valence-corrected chi connectivity index (χ4v) is 1.88. The molecule has 0 saturated heterocycles. The van der Waals surface area contributed by atoms with Crippen molar-refractivity contribution >= 4 is 5.97 Å². The highest BCUT2D eigenvalue weighted by molar-refractivity contribution is 5.97. The van der Waals surface area contributed by atoms with Crippen molar-refractivity contribution in [3.63, 3.8) is 0 Å². The largest absolute Gasteiger partial charge is 0.465 e. The molecule has 0 aliphatic rings. The number of esters is 1. The predicted octanol–water partition coefficient (Wildman–Crippen LogP) is 1.78. The molecule has 2 aromatic heterocycles. The molecule has 116 valence electrons. The molecule has 0 fully saturated rings. The average molecular weight is 303 g/mol. The Kier molecular flexibility index (Phi) is 6.08. The summed E-state index contributed by atoms with van der Waals surface area (Å²) in [5.41, 5.74) is 0.833. The highest BCUT2D eigenvalue weighted by atomic mass is 16.5. The molecule has 0 saturated carbocycles. The van der Waals surface area contributed by atoms with Crippen molar-refractivity contribution in [2.75, 3.05) is 7.11 Å². The molecule has 0 unspecified atom stereocenters. The molecular formula is C15H19N4O3+. The number of pyridine rings is 1. The standard InChI is InChI=1S/C13H13N4O3.C2H6/c1-3-16-8-10(7-15-16)12-11(13(18)20-2)9(6-14)4-5-17(12)19;1-2/h4-5,7-8,19H,3H2,1-2H3;1-2H3/q+1;. The number of ether oxygens (including phenoxy) is 1. The van der Waals surface area contributed by atoms with E-state index < -0.39 is 5.97 Å². The molecule has 2 rings (SSSR count). The van der Waals surface area contributed by atoms with Crippen molar-refractivity contribution in [3.05, 3.63) is 35.8 Å². The number of hydrogen-bond donors (Lipinski definition) is 1. The number of aromatic nitrogens is 3. The van der Waals surface area contributed by atoms with E-state index in [1.807, 2.05) is 26.8 Å². The van der Waals surface area contributed by atoms with Crippen LogP contribution in [0.4, 0.5) is 0 Å². The minimum absolute atomic E-state index is 0.00986. The normalized spacial score (nSPS) is 9.41. The van der Waals surface area contributed by atoms with Crippen LogP contribution in [0.2, 0.25) is 0 Å². The molecule has 0 aromatic carbocycles. The molecule has 0 spiro atoms. The van der Waals surface area contributed by atoms with Crippen LogP contribution in [0.25, 0.3) is 11.3 Å². The molecule has 0 aliphatic carbocycles. The first-order valence-corrected chi connectivity index (χ1v) is 6.91. The van der Waals surface area contributed by atoms with Gasteiger partial charge in [0.1, 0.15) is 6.07 Å². The average Bonchev–Trinajstić information content (AvgIpc) is 3.04. The van der Waals surface area contributed by atoms with Crippen LogP contribution < -0.4 is 4.73 Å². The topological polar surface area (TPSA) is 92.0 Å². The Bertz CT molecular complexity index is 701. The van der Waals surface area contributed by atoms with E-state index in [9.17, 15) is 10.0 Å². The lowest BCUT2D eigenvalue weighted by atomic mass is 10.0. The molecule has 0 bridgehead atoms. The molecular weight excluding hydrogens is 284 g/mol. The first-order chi connectivity index (χ1) is 10.6. The number of methoxy groups -OCH3 is 1. The van der Waals surface area contributed by atoms with Gasteiger partial charge in [0.15, 0.2) is 5.56 Å². The molecule has 7 heteroatoms. The highest BCUT2D eigenvalue weighted by Gasteiger charge is 2.29. The molecule has 2 aromatic rings. The second-order valence-electron chi connectivity index (χ2n) is 3.99. The minimum Gasteiger partial charge on any atom is -0.465 e. The molecule has 0 amide bonds. The molecule has 1 N–H and O–H groups in total. The van der Waals surface area contributed by atoms with Crippen LogP contribution >= 0.6 is 0 Å². The SMILES string of the molecule is CC.CCn1cc(-c2c(C(=O)OC)c(C#N)cc[n+]2O)cn1. The summed E-state index contributed by atoms with van der Waals surface area (Å²) in [6, 6.07) is 3.26. The third-order valence-electron chi connectivity index (χ3n) is 2.86. The molecule has 7 nitrogen and oxygen atoms in total. The summed E-state index contributed by atoms with van der Waals surface area (Å²) in [6.07, 6.45) is 4.48. The van der Waals surface area contributed by atoms with Gasteiger partial charge in [-0.15, -0.1) is 0 Å². The van der Waals surface area contributed by atoms with E-state index in [1.165, 1.54) is 25.6 Å². The minimum atomic E-state index is -0.691. The zero-order valence-electron chi connectivity index (χ0n) is 13.1. The van der Waals surface area contributed by atoms with Crippen molar-refractivity contribution in [1.82, 2.24) is 9.78 Å². The van der Waals surface area contributed by atoms with Gasteiger partial charge in [-0.25, -0.2) is 4.79 Å². The van der Waals surface area contributed by atoms with Crippen molar-refractivity contribution < 1.29 is 19.5 Å². The quantitative estimate of drug-likeness (QED) is 0.530. The lowest BCUT2D eigenvalue weighted by Gasteiger charge is -2.03. The van der Waals surface area contributed by atoms with Crippen LogP contribution in [0.3, 0.4) is 0 Å². The monoisotopic (exact) mass is 303 g/mol. The molecule has 2 heterocycles. The maximum Gasteiger partial charge on any atom is 0.346 e. The Morgan fingerprint density at radius 2 is 2.23 bits per heavy atom. The van der Waals surface area contributed by atoms with Gasteiger partial charge in [-0.2, -0.15) is 10.4 Å². The van der Waals surface area contributed by atoms with E-state index in [0.717, 1.165) is 4.73 Å². The fraction of sp³-hybridized carbons (Fsp3) is 0.333. The van der Waals surface area contributed by atoms with Crippen LogP contribution in [0.5, 0.6) is 0 Å². The van der Waals surface area contributed by atoms with Gasteiger partial charge in [0, 0.05) is 23.5 Å². The van der Waals surface area contributed by atoms with Crippen LogP contribution in [-0.2, 0) is 11.3 Å². The van der Waals surface area contributed by atoms with Gasteiger partial charge in [0.05, 0.1) is 24.4 Å². The zero-order chi connectivity index (χ0) is 16.7. The summed E-state index contributed by atoms with van der Waals surface area (Å²) >= 11 is 0. The van der Waals surface area contributed by atoms with Gasteiger partial charge in [0.2, 0.25) is 6.20 Å². The highest BCUT2D eigenvalue weighted by Crippen LogP contribution is 2.22. The van der Waals surface area contributed by atoms with Gasteiger partial charge in [-0.3, -0.25) is 9.89 Å². The summed E-state index contributed by atoms with van der Waals surface area (Å²) < 4.78 is 7.12. The lowest BCUT2D eigenvalue weighted by molar-refractivity contribution is -0.896. The van der Waals surface area contributed by atoms with E-state index in [-0.39, 0.29) is 16.8 Å². The molecule has 0 aliphatic heterocycles. The number of carbonyl (C=O) groups excluding carboxylic acids is 1.